The van der Waals surface area contributed by atoms with E-state index in [0.717, 1.165) is 5.56 Å². The standard InChI is InChI=1S/C15H20N6O2/c1-16-14(11-8-19-21(2)10-11)15(23)18-7-5-13(22)20-12-4-3-6-17-9-12/h3-4,6,8-10,14,16H,5,7H2,1-2H3,(H,18,23)(H,20,22). The number of pyridine rings is 1. The van der Waals surface area contributed by atoms with Gasteiger partial charge in [0, 0.05) is 38.0 Å². The predicted molar refractivity (Wildman–Crippen MR) is 85.5 cm³/mol. The largest absolute Gasteiger partial charge is 0.354 e. The van der Waals surface area contributed by atoms with Crippen LogP contribution in [0.3, 0.4) is 0 Å². The van der Waals surface area contributed by atoms with Gasteiger partial charge >= 0.3 is 0 Å². The second-order valence-electron chi connectivity index (χ2n) is 5.00. The van der Waals surface area contributed by atoms with E-state index in [2.05, 4.69) is 26.0 Å². The second kappa shape index (κ2) is 8.04. The molecular weight excluding hydrogens is 296 g/mol. The van der Waals surface area contributed by atoms with Crippen molar-refractivity contribution in [3.8, 4) is 0 Å². The summed E-state index contributed by atoms with van der Waals surface area (Å²) in [7, 11) is 3.49. The van der Waals surface area contributed by atoms with Crippen LogP contribution in [0.4, 0.5) is 5.69 Å². The van der Waals surface area contributed by atoms with E-state index in [4.69, 9.17) is 0 Å². The van der Waals surface area contributed by atoms with E-state index in [-0.39, 0.29) is 24.8 Å². The summed E-state index contributed by atoms with van der Waals surface area (Å²) in [6.07, 6.45) is 6.79. The van der Waals surface area contributed by atoms with Crippen LogP contribution in [-0.2, 0) is 16.6 Å². The second-order valence-corrected chi connectivity index (χ2v) is 5.00. The van der Waals surface area contributed by atoms with Gasteiger partial charge in [-0.15, -0.1) is 0 Å². The third-order valence-corrected chi connectivity index (χ3v) is 3.21. The van der Waals surface area contributed by atoms with Gasteiger partial charge in [0.2, 0.25) is 11.8 Å². The molecule has 1 atom stereocenters. The van der Waals surface area contributed by atoms with Crippen molar-refractivity contribution in [3.63, 3.8) is 0 Å². The van der Waals surface area contributed by atoms with Crippen LogP contribution in [0.25, 0.3) is 0 Å². The molecular formula is C15H20N6O2. The van der Waals surface area contributed by atoms with Gasteiger partial charge in [-0.05, 0) is 19.2 Å². The molecule has 3 N–H and O–H groups in total. The Morgan fingerprint density at radius 1 is 1.35 bits per heavy atom. The highest BCUT2D eigenvalue weighted by Gasteiger charge is 2.19. The number of rotatable bonds is 7. The van der Waals surface area contributed by atoms with E-state index in [0.29, 0.717) is 5.69 Å². The van der Waals surface area contributed by atoms with E-state index < -0.39 is 6.04 Å². The smallest absolute Gasteiger partial charge is 0.241 e. The fourth-order valence-corrected chi connectivity index (χ4v) is 2.10. The molecule has 0 saturated carbocycles. The number of amides is 2. The third kappa shape index (κ3) is 4.89. The molecule has 0 aliphatic heterocycles. The van der Waals surface area contributed by atoms with Gasteiger partial charge in [0.1, 0.15) is 6.04 Å². The number of carbonyl (C=O) groups is 2. The Labute approximate surface area is 134 Å². The van der Waals surface area contributed by atoms with E-state index in [1.165, 1.54) is 0 Å². The van der Waals surface area contributed by atoms with Crippen molar-refractivity contribution in [1.82, 2.24) is 25.4 Å². The molecule has 0 radical (unpaired) electrons. The summed E-state index contributed by atoms with van der Waals surface area (Å²) >= 11 is 0. The molecule has 0 fully saturated rings. The van der Waals surface area contributed by atoms with E-state index in [1.54, 1.807) is 55.7 Å². The van der Waals surface area contributed by atoms with Crippen LogP contribution in [0.5, 0.6) is 0 Å². The van der Waals surface area contributed by atoms with Crippen molar-refractivity contribution in [1.29, 1.82) is 0 Å². The Balaban J connectivity index is 1.78. The van der Waals surface area contributed by atoms with Gasteiger partial charge < -0.3 is 16.0 Å². The average Bonchev–Trinajstić information content (AvgIpc) is 2.95. The summed E-state index contributed by atoms with van der Waals surface area (Å²) in [6, 6.07) is 3.00. The Kier molecular flexibility index (Phi) is 5.81. The monoisotopic (exact) mass is 316 g/mol. The Bertz CT molecular complexity index is 655. The molecule has 2 aromatic heterocycles. The Morgan fingerprint density at radius 2 is 2.17 bits per heavy atom. The number of hydrogen-bond donors (Lipinski definition) is 3. The lowest BCUT2D eigenvalue weighted by molar-refractivity contribution is -0.123. The summed E-state index contributed by atoms with van der Waals surface area (Å²) in [5, 5.41) is 12.4. The molecule has 8 heteroatoms. The normalized spacial score (nSPS) is 11.7. The third-order valence-electron chi connectivity index (χ3n) is 3.21. The van der Waals surface area contributed by atoms with Gasteiger partial charge in [0.25, 0.3) is 0 Å². The maximum atomic E-state index is 12.2. The number of carbonyl (C=O) groups excluding carboxylic acids is 2. The van der Waals surface area contributed by atoms with Gasteiger partial charge in [0.05, 0.1) is 18.1 Å². The predicted octanol–water partition coefficient (Wildman–Crippen LogP) is 0.221. The SMILES string of the molecule is CNC(C(=O)NCCC(=O)Nc1cccnc1)c1cnn(C)c1. The maximum Gasteiger partial charge on any atom is 0.241 e. The van der Waals surface area contributed by atoms with Crippen LogP contribution in [0, 0.1) is 0 Å². The highest BCUT2D eigenvalue weighted by atomic mass is 16.2. The van der Waals surface area contributed by atoms with Crippen molar-refractivity contribution in [3.05, 3.63) is 42.5 Å². The Hall–Kier alpha value is -2.74. The Morgan fingerprint density at radius 3 is 2.78 bits per heavy atom. The summed E-state index contributed by atoms with van der Waals surface area (Å²) in [5.41, 5.74) is 1.40. The first-order chi connectivity index (χ1) is 11.1. The van der Waals surface area contributed by atoms with Crippen molar-refractivity contribution in [2.24, 2.45) is 7.05 Å². The average molecular weight is 316 g/mol. The summed E-state index contributed by atoms with van der Waals surface area (Å²) < 4.78 is 1.63. The molecule has 0 aromatic carbocycles. The molecule has 2 amide bonds. The lowest BCUT2D eigenvalue weighted by Gasteiger charge is -2.14. The van der Waals surface area contributed by atoms with Crippen LogP contribution in [0.15, 0.2) is 36.9 Å². The lowest BCUT2D eigenvalue weighted by Crippen LogP contribution is -2.37. The molecule has 0 spiro atoms. The molecule has 1 unspecified atom stereocenters. The van der Waals surface area contributed by atoms with E-state index in [9.17, 15) is 9.59 Å². The zero-order valence-electron chi connectivity index (χ0n) is 13.1. The van der Waals surface area contributed by atoms with Crippen molar-refractivity contribution >= 4 is 17.5 Å². The van der Waals surface area contributed by atoms with Crippen LogP contribution in [-0.4, -0.2) is 40.2 Å². The molecule has 2 rings (SSSR count). The fourth-order valence-electron chi connectivity index (χ4n) is 2.10. The highest BCUT2D eigenvalue weighted by molar-refractivity contribution is 5.91. The van der Waals surface area contributed by atoms with Crippen LogP contribution < -0.4 is 16.0 Å². The number of aryl methyl sites for hydroxylation is 1. The minimum atomic E-state index is -0.495. The van der Waals surface area contributed by atoms with Gasteiger partial charge in [-0.2, -0.15) is 5.10 Å². The van der Waals surface area contributed by atoms with Crippen molar-refractivity contribution in [2.75, 3.05) is 18.9 Å². The quantitative estimate of drug-likeness (QED) is 0.678. The van der Waals surface area contributed by atoms with E-state index >= 15 is 0 Å². The van der Waals surface area contributed by atoms with Crippen molar-refractivity contribution in [2.45, 2.75) is 12.5 Å². The number of aromatic nitrogens is 3. The van der Waals surface area contributed by atoms with Gasteiger partial charge in [-0.3, -0.25) is 19.3 Å². The first kappa shape index (κ1) is 16.6. The maximum absolute atomic E-state index is 12.2. The topological polar surface area (TPSA) is 101 Å². The zero-order chi connectivity index (χ0) is 16.7. The molecule has 0 bridgehead atoms. The summed E-state index contributed by atoms with van der Waals surface area (Å²) in [5.74, 6) is -0.379. The molecule has 2 heterocycles. The molecule has 2 aromatic rings. The molecule has 8 nitrogen and oxygen atoms in total. The first-order valence-electron chi connectivity index (χ1n) is 7.23. The van der Waals surface area contributed by atoms with Crippen LogP contribution >= 0.6 is 0 Å². The number of anilines is 1. The fraction of sp³-hybridized carbons (Fsp3) is 0.333. The number of nitrogens with zero attached hydrogens (tertiary/aromatic N) is 3. The highest BCUT2D eigenvalue weighted by Crippen LogP contribution is 2.11. The van der Waals surface area contributed by atoms with Gasteiger partial charge in [-0.25, -0.2) is 0 Å². The zero-order valence-corrected chi connectivity index (χ0v) is 13.1. The van der Waals surface area contributed by atoms with E-state index in [1.807, 2.05) is 0 Å². The molecule has 122 valence electrons. The number of likely N-dealkylation sites (N-methyl/N-ethyl adjacent to an activating group) is 1. The van der Waals surface area contributed by atoms with Gasteiger partial charge in [-0.1, -0.05) is 0 Å². The number of hydrogen-bond acceptors (Lipinski definition) is 5. The number of nitrogens with one attached hydrogen (secondary N) is 3. The molecule has 23 heavy (non-hydrogen) atoms. The van der Waals surface area contributed by atoms with Crippen LogP contribution in [0.1, 0.15) is 18.0 Å². The summed E-state index contributed by atoms with van der Waals surface area (Å²) in [4.78, 5) is 27.9. The molecule has 0 saturated heterocycles. The van der Waals surface area contributed by atoms with Crippen molar-refractivity contribution < 1.29 is 9.59 Å². The summed E-state index contributed by atoms with van der Waals surface area (Å²) in [6.45, 7) is 0.253. The van der Waals surface area contributed by atoms with Crippen LogP contribution in [0.2, 0.25) is 0 Å². The first-order valence-corrected chi connectivity index (χ1v) is 7.23. The molecule has 0 aliphatic carbocycles. The minimum Gasteiger partial charge on any atom is -0.354 e. The molecule has 0 aliphatic rings. The van der Waals surface area contributed by atoms with Gasteiger partial charge in [0.15, 0.2) is 0 Å². The lowest BCUT2D eigenvalue weighted by atomic mass is 10.1. The minimum absolute atomic E-state index is 0.180.